The monoisotopic (exact) mass is 279 g/mol. The predicted molar refractivity (Wildman–Crippen MR) is 77.6 cm³/mol. The molecule has 0 unspecified atom stereocenters. The maximum Gasteiger partial charge on any atom is 0.149 e. The Morgan fingerprint density at radius 2 is 2.26 bits per heavy atom. The first-order valence-electron chi connectivity index (χ1n) is 5.94. The van der Waals surface area contributed by atoms with Crippen molar-refractivity contribution < 1.29 is 4.39 Å². The lowest BCUT2D eigenvalue weighted by atomic mass is 10.1. The number of aliphatic imine (C=N–C) groups is 1. The van der Waals surface area contributed by atoms with Crippen molar-refractivity contribution in [2.24, 2.45) is 10.7 Å². The summed E-state index contributed by atoms with van der Waals surface area (Å²) < 4.78 is 13.9. The zero-order valence-electron chi connectivity index (χ0n) is 10.9. The Morgan fingerprint density at radius 3 is 2.84 bits per heavy atom. The highest BCUT2D eigenvalue weighted by molar-refractivity contribution is 6.33. The Kier molecular flexibility index (Phi) is 3.62. The van der Waals surface area contributed by atoms with Crippen molar-refractivity contribution in [2.75, 3.05) is 0 Å². The molecule has 0 bridgehead atoms. The summed E-state index contributed by atoms with van der Waals surface area (Å²) in [5.74, 6) is 0.290. The van der Waals surface area contributed by atoms with Crippen LogP contribution in [0.25, 0.3) is 5.70 Å². The van der Waals surface area contributed by atoms with Gasteiger partial charge in [-0.1, -0.05) is 25.1 Å². The van der Waals surface area contributed by atoms with E-state index in [4.69, 9.17) is 17.3 Å². The minimum Gasteiger partial charge on any atom is -0.403 e. The van der Waals surface area contributed by atoms with Gasteiger partial charge in [-0.15, -0.1) is 0 Å². The van der Waals surface area contributed by atoms with Gasteiger partial charge in [-0.2, -0.15) is 0 Å². The van der Waals surface area contributed by atoms with Crippen LogP contribution in [0.4, 0.5) is 10.1 Å². The van der Waals surface area contributed by atoms with Crippen LogP contribution in [0.15, 0.2) is 35.6 Å². The summed E-state index contributed by atoms with van der Waals surface area (Å²) in [6.45, 7) is 7.79. The Hall–Kier alpha value is -1.81. The Morgan fingerprint density at radius 1 is 1.58 bits per heavy atom. The van der Waals surface area contributed by atoms with E-state index < -0.39 is 5.82 Å². The van der Waals surface area contributed by atoms with Crippen LogP contribution >= 0.6 is 11.6 Å². The van der Waals surface area contributed by atoms with Gasteiger partial charge in [-0.25, -0.2) is 9.38 Å². The zero-order chi connectivity index (χ0) is 14.2. The molecular weight excluding hydrogens is 265 g/mol. The first-order chi connectivity index (χ1) is 9.01. The van der Waals surface area contributed by atoms with E-state index in [1.54, 1.807) is 4.90 Å². The zero-order valence-corrected chi connectivity index (χ0v) is 11.6. The molecule has 5 heteroatoms. The van der Waals surface area contributed by atoms with Crippen LogP contribution in [0.3, 0.4) is 0 Å². The molecule has 0 radical (unpaired) electrons. The maximum absolute atomic E-state index is 13.9. The first kappa shape index (κ1) is 13.6. The molecule has 1 aliphatic heterocycles. The van der Waals surface area contributed by atoms with E-state index in [9.17, 15) is 4.39 Å². The Bertz CT molecular complexity index is 605. The summed E-state index contributed by atoms with van der Waals surface area (Å²) in [7, 11) is 0. The van der Waals surface area contributed by atoms with Gasteiger partial charge in [0.2, 0.25) is 0 Å². The Labute approximate surface area is 116 Å². The molecule has 0 aliphatic carbocycles. The van der Waals surface area contributed by atoms with E-state index in [1.807, 2.05) is 13.8 Å². The largest absolute Gasteiger partial charge is 0.403 e. The molecule has 100 valence electrons. The molecule has 3 nitrogen and oxygen atoms in total. The molecule has 0 spiro atoms. The van der Waals surface area contributed by atoms with E-state index in [0.717, 1.165) is 5.70 Å². The highest BCUT2D eigenvalue weighted by Crippen LogP contribution is 2.41. The summed E-state index contributed by atoms with van der Waals surface area (Å²) in [4.78, 5) is 6.15. The third-order valence-corrected chi connectivity index (χ3v) is 3.36. The number of nitrogens with zero attached hydrogens (tertiary/aromatic N) is 2. The molecule has 1 aliphatic rings. The quantitative estimate of drug-likeness (QED) is 0.888. The van der Waals surface area contributed by atoms with Crippen LogP contribution in [0.1, 0.15) is 25.8 Å². The van der Waals surface area contributed by atoms with Crippen molar-refractivity contribution in [3.05, 3.63) is 47.0 Å². The van der Waals surface area contributed by atoms with E-state index >= 15 is 0 Å². The highest BCUT2D eigenvalue weighted by atomic mass is 35.5. The number of allylic oxidation sites excluding steroid dienone is 1. The standard InChI is InChI=1S/C14H15ClFN3/c1-4-12-18-14-11(16)6-5-10(15)13(14)9(3)19(12)8(2)7-17/h5-7H,3-4,17H2,1-2H3/b8-7+. The molecule has 0 atom stereocenters. The van der Waals surface area contributed by atoms with E-state index in [0.29, 0.717) is 28.5 Å². The second-order valence-corrected chi connectivity index (χ2v) is 4.63. The van der Waals surface area contributed by atoms with Crippen LogP contribution in [0.5, 0.6) is 0 Å². The molecule has 0 saturated heterocycles. The fourth-order valence-corrected chi connectivity index (χ4v) is 2.36. The third kappa shape index (κ3) is 2.12. The van der Waals surface area contributed by atoms with Crippen molar-refractivity contribution in [1.29, 1.82) is 0 Å². The lowest BCUT2D eigenvalue weighted by molar-refractivity contribution is 0.621. The predicted octanol–water partition coefficient (Wildman–Crippen LogP) is 4.03. The normalized spacial score (nSPS) is 15.4. The topological polar surface area (TPSA) is 41.6 Å². The number of benzene rings is 1. The first-order valence-corrected chi connectivity index (χ1v) is 6.32. The average Bonchev–Trinajstić information content (AvgIpc) is 2.41. The van der Waals surface area contributed by atoms with Crippen molar-refractivity contribution in [3.63, 3.8) is 0 Å². The van der Waals surface area contributed by atoms with Crippen molar-refractivity contribution >= 4 is 28.8 Å². The maximum atomic E-state index is 13.9. The minimum atomic E-state index is -0.402. The average molecular weight is 280 g/mol. The summed E-state index contributed by atoms with van der Waals surface area (Å²) >= 11 is 6.14. The molecule has 0 saturated carbocycles. The van der Waals surface area contributed by atoms with Crippen molar-refractivity contribution in [1.82, 2.24) is 4.90 Å². The number of amidine groups is 1. The van der Waals surface area contributed by atoms with E-state index in [2.05, 4.69) is 11.6 Å². The van der Waals surface area contributed by atoms with Crippen LogP contribution in [0.2, 0.25) is 5.02 Å². The number of nitrogens with two attached hydrogens (primary N) is 1. The number of hydrogen-bond acceptors (Lipinski definition) is 3. The van der Waals surface area contributed by atoms with Crippen molar-refractivity contribution in [3.8, 4) is 0 Å². The lowest BCUT2D eigenvalue weighted by Crippen LogP contribution is -2.30. The molecule has 1 aromatic rings. The van der Waals surface area contributed by atoms with Gasteiger partial charge in [0.25, 0.3) is 0 Å². The van der Waals surface area contributed by atoms with Gasteiger partial charge >= 0.3 is 0 Å². The van der Waals surface area contributed by atoms with Crippen LogP contribution in [0, 0.1) is 5.82 Å². The highest BCUT2D eigenvalue weighted by Gasteiger charge is 2.27. The third-order valence-electron chi connectivity index (χ3n) is 3.05. The summed E-state index contributed by atoms with van der Waals surface area (Å²) in [6, 6.07) is 2.82. The van der Waals surface area contributed by atoms with Gasteiger partial charge in [-0.3, -0.25) is 0 Å². The second-order valence-electron chi connectivity index (χ2n) is 4.22. The summed E-state index contributed by atoms with van der Waals surface area (Å²) in [5, 5.41) is 0.426. The lowest BCUT2D eigenvalue weighted by Gasteiger charge is -2.32. The van der Waals surface area contributed by atoms with Crippen LogP contribution < -0.4 is 5.73 Å². The number of fused-ring (bicyclic) bond motifs is 1. The fourth-order valence-electron chi connectivity index (χ4n) is 2.10. The molecule has 19 heavy (non-hydrogen) atoms. The van der Waals surface area contributed by atoms with Gasteiger partial charge in [0.05, 0.1) is 10.7 Å². The van der Waals surface area contributed by atoms with E-state index in [1.165, 1.54) is 18.3 Å². The fraction of sp³-hybridized carbons (Fsp3) is 0.214. The molecular formula is C14H15ClFN3. The van der Waals surface area contributed by atoms with Crippen LogP contribution in [-0.2, 0) is 0 Å². The number of hydrogen-bond donors (Lipinski definition) is 1. The Balaban J connectivity index is 2.71. The molecule has 0 fully saturated rings. The number of rotatable bonds is 2. The molecule has 0 aromatic heterocycles. The smallest absolute Gasteiger partial charge is 0.149 e. The minimum absolute atomic E-state index is 0.246. The molecule has 1 aromatic carbocycles. The van der Waals surface area contributed by atoms with Gasteiger partial charge in [0, 0.05) is 23.9 Å². The van der Waals surface area contributed by atoms with Gasteiger partial charge in [0.15, 0.2) is 0 Å². The van der Waals surface area contributed by atoms with Crippen molar-refractivity contribution in [2.45, 2.75) is 20.3 Å². The van der Waals surface area contributed by atoms with Crippen LogP contribution in [-0.4, -0.2) is 10.7 Å². The SMILES string of the molecule is C=C1c2c(Cl)ccc(F)c2N=C(CC)N1/C(C)=C/N. The second kappa shape index (κ2) is 5.05. The summed E-state index contributed by atoms with van der Waals surface area (Å²) in [6.07, 6.45) is 2.10. The summed E-state index contributed by atoms with van der Waals surface area (Å²) in [5.41, 5.74) is 7.69. The van der Waals surface area contributed by atoms with Gasteiger partial charge in [0.1, 0.15) is 17.3 Å². The molecule has 2 N–H and O–H groups in total. The van der Waals surface area contributed by atoms with Gasteiger partial charge < -0.3 is 10.6 Å². The molecule has 2 rings (SSSR count). The van der Waals surface area contributed by atoms with Gasteiger partial charge in [-0.05, 0) is 19.1 Å². The number of halogens is 2. The molecule has 1 heterocycles. The van der Waals surface area contributed by atoms with E-state index in [-0.39, 0.29) is 5.69 Å². The molecule has 0 amide bonds.